The summed E-state index contributed by atoms with van der Waals surface area (Å²) < 4.78 is 48.2. The predicted octanol–water partition coefficient (Wildman–Crippen LogP) is 4.63. The Kier molecular flexibility index (Phi) is 11.3. The summed E-state index contributed by atoms with van der Waals surface area (Å²) in [6.07, 6.45) is -1.31. The van der Waals surface area contributed by atoms with Crippen LogP contribution in [0, 0.1) is 5.92 Å². The summed E-state index contributed by atoms with van der Waals surface area (Å²) in [5, 5.41) is 14.7. The third-order valence-corrected chi connectivity index (χ3v) is 11.8. The molecule has 1 saturated carbocycles. The van der Waals surface area contributed by atoms with Crippen LogP contribution >= 0.6 is 0 Å². The zero-order valence-corrected chi connectivity index (χ0v) is 32.2. The molecule has 4 heterocycles. The molecule has 4 aliphatic rings. The number of fused-ring (bicyclic) bond motifs is 2. The fraction of sp³-hybridized carbons (Fsp3) is 0.429. The van der Waals surface area contributed by atoms with E-state index in [1.54, 1.807) is 6.07 Å². The molecule has 1 aromatic heterocycles. The maximum absolute atomic E-state index is 13.4. The molecule has 2 saturated heterocycles. The summed E-state index contributed by atoms with van der Waals surface area (Å²) >= 11 is 0. The molecule has 310 valence electrons. The Morgan fingerprint density at radius 3 is 2.36 bits per heavy atom. The minimum atomic E-state index is -4.59. The van der Waals surface area contributed by atoms with E-state index in [0.29, 0.717) is 31.0 Å². The van der Waals surface area contributed by atoms with Crippen LogP contribution in [0.25, 0.3) is 11.0 Å². The largest absolute Gasteiger partial charge is 0.492 e. The zero-order valence-electron chi connectivity index (χ0n) is 32.2. The number of amides is 5. The molecular formula is C42H44F3N7O7. The number of rotatable bonds is 11. The molecule has 3 N–H and O–H groups in total. The molecule has 3 aromatic carbocycles. The van der Waals surface area contributed by atoms with Crippen LogP contribution in [0.1, 0.15) is 86.8 Å². The smallest absolute Gasteiger partial charge is 0.416 e. The van der Waals surface area contributed by atoms with E-state index in [9.17, 15) is 42.3 Å². The van der Waals surface area contributed by atoms with E-state index in [0.717, 1.165) is 80.0 Å². The molecule has 1 aliphatic carbocycles. The van der Waals surface area contributed by atoms with Crippen molar-refractivity contribution in [2.75, 3.05) is 51.3 Å². The average Bonchev–Trinajstić information content (AvgIpc) is 3.70. The van der Waals surface area contributed by atoms with E-state index in [1.165, 1.54) is 24.3 Å². The van der Waals surface area contributed by atoms with E-state index >= 15 is 0 Å². The Bertz CT molecular complexity index is 2300. The highest BCUT2D eigenvalue weighted by molar-refractivity contribution is 6.23. The molecule has 0 spiro atoms. The standard InChI is InChI=1S/C42H44F3N7O7/c43-42(44,45)28-3-1-2-27(21-28)37(55)48-41-46-33-20-26(6-11-34(33)51(41)29-7-4-25(24-53)5-8-29)23-50-16-14-49(15-17-50)18-19-59-30-9-10-31-32(22-30)40(58)52(39(31)57)35-12-13-36(54)47-38(35)56/h1-3,6,9-11,20-22,25,29,35,53H,4-5,7-8,12-19,23-24H2,(H,46,48,55)(H,47,54,56). The van der Waals surface area contributed by atoms with Gasteiger partial charge in [-0.05, 0) is 92.1 Å². The van der Waals surface area contributed by atoms with Gasteiger partial charge in [-0.25, -0.2) is 4.98 Å². The van der Waals surface area contributed by atoms with E-state index in [4.69, 9.17) is 9.72 Å². The number of piperidine rings is 1. The van der Waals surface area contributed by atoms with E-state index in [2.05, 4.69) is 20.4 Å². The van der Waals surface area contributed by atoms with Gasteiger partial charge in [-0.15, -0.1) is 0 Å². The van der Waals surface area contributed by atoms with Gasteiger partial charge in [0.15, 0.2) is 0 Å². The number of aliphatic hydroxyl groups is 1. The minimum absolute atomic E-state index is 0.00717. The molecular weight excluding hydrogens is 771 g/mol. The molecule has 8 rings (SSSR count). The van der Waals surface area contributed by atoms with Gasteiger partial charge in [0.05, 0.1) is 27.7 Å². The Hall–Kier alpha value is -5.65. The van der Waals surface area contributed by atoms with Crippen molar-refractivity contribution in [2.45, 2.75) is 63.3 Å². The zero-order chi connectivity index (χ0) is 41.4. The third-order valence-electron chi connectivity index (χ3n) is 11.8. The second kappa shape index (κ2) is 16.5. The van der Waals surface area contributed by atoms with Crippen LogP contribution in [0.5, 0.6) is 5.75 Å². The molecule has 0 bridgehead atoms. The second-order valence-corrected chi connectivity index (χ2v) is 15.6. The highest BCUT2D eigenvalue weighted by Crippen LogP contribution is 2.37. The maximum atomic E-state index is 13.4. The van der Waals surface area contributed by atoms with Crippen molar-refractivity contribution in [3.63, 3.8) is 0 Å². The van der Waals surface area contributed by atoms with Crippen LogP contribution in [-0.2, 0) is 22.3 Å². The number of imide groups is 2. The SMILES string of the molecule is O=C1CCC(N2C(=O)c3ccc(OCCN4CCN(Cc5ccc6c(c5)nc(NC(=O)c5cccc(C(F)(F)F)c5)n6C5CCC(CO)CC5)CC4)cc3C2=O)C(=O)N1. The average molecular weight is 816 g/mol. The monoisotopic (exact) mass is 815 g/mol. The van der Waals surface area contributed by atoms with Crippen molar-refractivity contribution in [3.05, 3.63) is 88.5 Å². The Balaban J connectivity index is 0.874. The third kappa shape index (κ3) is 8.45. The number of nitrogens with zero attached hydrogens (tertiary/aromatic N) is 5. The number of carbonyl (C=O) groups is 5. The molecule has 1 atom stereocenters. The first-order chi connectivity index (χ1) is 28.4. The first-order valence-corrected chi connectivity index (χ1v) is 19.9. The highest BCUT2D eigenvalue weighted by Gasteiger charge is 2.45. The molecule has 14 nitrogen and oxygen atoms in total. The van der Waals surface area contributed by atoms with Crippen LogP contribution in [0.2, 0.25) is 0 Å². The van der Waals surface area contributed by atoms with Gasteiger partial charge in [-0.3, -0.25) is 49.3 Å². The van der Waals surface area contributed by atoms with Crippen LogP contribution in [0.15, 0.2) is 60.7 Å². The van der Waals surface area contributed by atoms with Crippen molar-refractivity contribution in [1.29, 1.82) is 0 Å². The molecule has 3 aliphatic heterocycles. The number of benzene rings is 3. The lowest BCUT2D eigenvalue weighted by Crippen LogP contribution is -2.54. The van der Waals surface area contributed by atoms with Crippen molar-refractivity contribution in [1.82, 2.24) is 29.6 Å². The molecule has 0 radical (unpaired) electrons. The quantitative estimate of drug-likeness (QED) is 0.182. The first kappa shape index (κ1) is 40.1. The number of ether oxygens (including phenoxy) is 1. The van der Waals surface area contributed by atoms with E-state index in [-0.39, 0.29) is 54.0 Å². The summed E-state index contributed by atoms with van der Waals surface area (Å²) in [5.74, 6) is -2.02. The number of nitrogens with one attached hydrogen (secondary N) is 2. The number of imidazole rings is 1. The van der Waals surface area contributed by atoms with Gasteiger partial charge in [-0.2, -0.15) is 13.2 Å². The first-order valence-electron chi connectivity index (χ1n) is 19.9. The lowest BCUT2D eigenvalue weighted by atomic mass is 9.86. The van der Waals surface area contributed by atoms with Gasteiger partial charge in [-0.1, -0.05) is 12.1 Å². The van der Waals surface area contributed by atoms with Crippen LogP contribution in [-0.4, -0.2) is 111 Å². The van der Waals surface area contributed by atoms with Gasteiger partial charge in [0, 0.05) is 63.9 Å². The normalized spacial score (nSPS) is 21.8. The summed E-state index contributed by atoms with van der Waals surface area (Å²) in [6, 6.07) is 14.0. The highest BCUT2D eigenvalue weighted by atomic mass is 19.4. The van der Waals surface area contributed by atoms with Crippen molar-refractivity contribution in [3.8, 4) is 5.75 Å². The van der Waals surface area contributed by atoms with Crippen LogP contribution < -0.4 is 15.4 Å². The van der Waals surface area contributed by atoms with Crippen LogP contribution in [0.3, 0.4) is 0 Å². The Labute approximate surface area is 337 Å². The molecule has 5 amide bonds. The maximum Gasteiger partial charge on any atom is 0.416 e. The van der Waals surface area contributed by atoms with Gasteiger partial charge < -0.3 is 14.4 Å². The van der Waals surface area contributed by atoms with Gasteiger partial charge in [0.1, 0.15) is 18.4 Å². The van der Waals surface area contributed by atoms with Crippen molar-refractivity contribution >= 4 is 46.5 Å². The fourth-order valence-corrected chi connectivity index (χ4v) is 8.56. The van der Waals surface area contributed by atoms with Gasteiger partial charge in [0.2, 0.25) is 17.8 Å². The number of aliphatic hydroxyl groups excluding tert-OH is 1. The van der Waals surface area contributed by atoms with Crippen LogP contribution in [0.4, 0.5) is 19.1 Å². The Morgan fingerprint density at radius 1 is 0.881 bits per heavy atom. The van der Waals surface area contributed by atoms with Gasteiger partial charge in [0.25, 0.3) is 17.7 Å². The number of anilines is 1. The van der Waals surface area contributed by atoms with E-state index in [1.807, 2.05) is 22.8 Å². The topological polar surface area (TPSA) is 166 Å². The van der Waals surface area contributed by atoms with Crippen molar-refractivity contribution < 1.29 is 47.0 Å². The summed E-state index contributed by atoms with van der Waals surface area (Å²) in [6.45, 7) is 4.94. The van der Waals surface area contributed by atoms with E-state index < -0.39 is 47.3 Å². The minimum Gasteiger partial charge on any atom is -0.492 e. The number of carbonyl (C=O) groups excluding carboxylic acids is 5. The number of aromatic nitrogens is 2. The number of alkyl halides is 3. The molecule has 59 heavy (non-hydrogen) atoms. The second-order valence-electron chi connectivity index (χ2n) is 15.6. The number of hydrogen-bond donors (Lipinski definition) is 3. The Morgan fingerprint density at radius 2 is 1.63 bits per heavy atom. The molecule has 17 heteroatoms. The summed E-state index contributed by atoms with van der Waals surface area (Å²) in [5.41, 5.74) is 1.84. The summed E-state index contributed by atoms with van der Waals surface area (Å²) in [4.78, 5) is 73.8. The van der Waals surface area contributed by atoms with Gasteiger partial charge >= 0.3 is 6.18 Å². The molecule has 1 unspecified atom stereocenters. The number of piperazine rings is 1. The predicted molar refractivity (Wildman–Crippen MR) is 208 cm³/mol. The fourth-order valence-electron chi connectivity index (χ4n) is 8.56. The molecule has 4 aromatic rings. The van der Waals surface area contributed by atoms with Crippen molar-refractivity contribution in [2.24, 2.45) is 5.92 Å². The number of halogens is 3. The summed E-state index contributed by atoms with van der Waals surface area (Å²) in [7, 11) is 0. The number of hydrogen-bond acceptors (Lipinski definition) is 10. The lowest BCUT2D eigenvalue weighted by molar-refractivity contribution is -0.138. The lowest BCUT2D eigenvalue weighted by Gasteiger charge is -2.34. The molecule has 3 fully saturated rings.